The van der Waals surface area contributed by atoms with Gasteiger partial charge in [-0.2, -0.15) is 0 Å². The normalized spacial score (nSPS) is 21.0. The van der Waals surface area contributed by atoms with Crippen LogP contribution in [0.2, 0.25) is 0 Å². The lowest BCUT2D eigenvalue weighted by molar-refractivity contribution is -0.933. The molecule has 0 spiro atoms. The van der Waals surface area contributed by atoms with Crippen molar-refractivity contribution in [1.82, 2.24) is 4.90 Å². The van der Waals surface area contributed by atoms with Crippen molar-refractivity contribution in [2.75, 3.05) is 32.6 Å². The Bertz CT molecular complexity index is 564. The van der Waals surface area contributed by atoms with E-state index in [4.69, 9.17) is 4.74 Å². The molecule has 0 radical (unpaired) electrons. The van der Waals surface area contributed by atoms with E-state index >= 15 is 0 Å². The monoisotopic (exact) mass is 346 g/mol. The van der Waals surface area contributed by atoms with E-state index in [-0.39, 0.29) is 6.03 Å². The molecule has 2 amide bonds. The minimum atomic E-state index is 0.00187. The number of amides is 2. The molecule has 0 bridgehead atoms. The Balaban J connectivity index is 1.48. The summed E-state index contributed by atoms with van der Waals surface area (Å²) in [5.41, 5.74) is 0.788. The van der Waals surface area contributed by atoms with E-state index < -0.39 is 0 Å². The number of ether oxygens (including phenoxy) is 1. The second-order valence-corrected chi connectivity index (χ2v) is 7.50. The summed E-state index contributed by atoms with van der Waals surface area (Å²) in [6.07, 6.45) is 9.16. The first kappa shape index (κ1) is 18.1. The number of urea groups is 1. The summed E-state index contributed by atoms with van der Waals surface area (Å²) in [4.78, 5) is 16.2. The largest absolute Gasteiger partial charge is 0.497 e. The number of piperidine rings is 1. The predicted octanol–water partition coefficient (Wildman–Crippen LogP) is 2.54. The Kier molecular flexibility index (Phi) is 6.19. The number of carbonyl (C=O) groups excluding carboxylic acids is 1. The third-order valence-electron chi connectivity index (χ3n) is 6.00. The zero-order chi connectivity index (χ0) is 17.6. The van der Waals surface area contributed by atoms with Crippen molar-refractivity contribution in [2.45, 2.75) is 57.0 Å². The van der Waals surface area contributed by atoms with Crippen LogP contribution in [0.15, 0.2) is 24.3 Å². The fraction of sp³-hybridized carbons (Fsp3) is 0.650. The van der Waals surface area contributed by atoms with Gasteiger partial charge in [-0.05, 0) is 37.8 Å². The zero-order valence-corrected chi connectivity index (χ0v) is 15.6. The summed E-state index contributed by atoms with van der Waals surface area (Å²) in [7, 11) is 4.00. The maximum Gasteiger partial charge on any atom is 0.321 e. The SMILES string of the molecule is COc1cccc(NC(=O)N2CCC([NH+](C)C3CCCCC3)CC2)c1. The number of methoxy groups -OCH3 is 1. The highest BCUT2D eigenvalue weighted by Gasteiger charge is 2.32. The van der Waals surface area contributed by atoms with E-state index in [1.165, 1.54) is 32.1 Å². The number of hydrogen-bond acceptors (Lipinski definition) is 2. The Hall–Kier alpha value is -1.75. The maximum atomic E-state index is 12.5. The topological polar surface area (TPSA) is 46.0 Å². The molecule has 1 aliphatic carbocycles. The minimum Gasteiger partial charge on any atom is -0.497 e. The first-order valence-electron chi connectivity index (χ1n) is 9.70. The molecule has 1 unspecified atom stereocenters. The molecule has 5 nitrogen and oxygen atoms in total. The van der Waals surface area contributed by atoms with Crippen molar-refractivity contribution in [3.8, 4) is 5.75 Å². The maximum absolute atomic E-state index is 12.5. The van der Waals surface area contributed by atoms with Crippen molar-refractivity contribution >= 4 is 11.7 Å². The fourth-order valence-electron chi connectivity index (χ4n) is 4.33. The summed E-state index contributed by atoms with van der Waals surface area (Å²) >= 11 is 0. The van der Waals surface area contributed by atoms with Crippen LogP contribution in [0.5, 0.6) is 5.75 Å². The Morgan fingerprint density at radius 2 is 1.80 bits per heavy atom. The quantitative estimate of drug-likeness (QED) is 0.880. The average Bonchev–Trinajstić information content (AvgIpc) is 2.68. The number of rotatable bonds is 4. The number of anilines is 1. The summed E-state index contributed by atoms with van der Waals surface area (Å²) in [5, 5.41) is 2.99. The van der Waals surface area contributed by atoms with Gasteiger partial charge in [-0.25, -0.2) is 4.79 Å². The van der Waals surface area contributed by atoms with Crippen LogP contribution in [-0.4, -0.2) is 50.3 Å². The molecule has 1 atom stereocenters. The lowest BCUT2D eigenvalue weighted by Gasteiger charge is -2.39. The number of hydrogen-bond donors (Lipinski definition) is 2. The second kappa shape index (κ2) is 8.56. The van der Waals surface area contributed by atoms with Crippen molar-refractivity contribution in [2.24, 2.45) is 0 Å². The first-order valence-corrected chi connectivity index (χ1v) is 9.70. The van der Waals surface area contributed by atoms with Crippen LogP contribution < -0.4 is 15.0 Å². The molecule has 3 rings (SSSR count). The summed E-state index contributed by atoms with van der Waals surface area (Å²) in [6, 6.07) is 9.05. The number of nitrogens with zero attached hydrogens (tertiary/aromatic N) is 1. The molecule has 5 heteroatoms. The molecule has 2 fully saturated rings. The molecule has 2 aliphatic rings. The summed E-state index contributed by atoms with van der Waals surface area (Å²) < 4.78 is 5.21. The van der Waals surface area contributed by atoms with Crippen LogP contribution in [0.3, 0.4) is 0 Å². The van der Waals surface area contributed by atoms with Crippen LogP contribution in [0.1, 0.15) is 44.9 Å². The molecule has 1 saturated heterocycles. The van der Waals surface area contributed by atoms with Gasteiger partial charge in [0.05, 0.1) is 26.2 Å². The minimum absolute atomic E-state index is 0.00187. The van der Waals surface area contributed by atoms with E-state index in [1.807, 2.05) is 29.2 Å². The highest BCUT2D eigenvalue weighted by Crippen LogP contribution is 2.19. The van der Waals surface area contributed by atoms with Gasteiger partial charge < -0.3 is 19.9 Å². The van der Waals surface area contributed by atoms with Gasteiger partial charge in [0.15, 0.2) is 0 Å². The first-order chi connectivity index (χ1) is 12.2. The molecule has 138 valence electrons. The van der Waals surface area contributed by atoms with Crippen LogP contribution >= 0.6 is 0 Å². The van der Waals surface area contributed by atoms with Gasteiger partial charge in [0.2, 0.25) is 0 Å². The lowest BCUT2D eigenvalue weighted by atomic mass is 9.92. The van der Waals surface area contributed by atoms with Crippen molar-refractivity contribution < 1.29 is 14.4 Å². The zero-order valence-electron chi connectivity index (χ0n) is 15.6. The number of carbonyl (C=O) groups is 1. The Morgan fingerprint density at radius 1 is 1.12 bits per heavy atom. The van der Waals surface area contributed by atoms with Gasteiger partial charge in [-0.1, -0.05) is 12.5 Å². The third-order valence-corrected chi connectivity index (χ3v) is 6.00. The molecule has 1 heterocycles. The van der Waals surface area contributed by atoms with Crippen LogP contribution in [0.4, 0.5) is 10.5 Å². The standard InChI is InChI=1S/C20H31N3O2/c1-22(17-8-4-3-5-9-17)18-11-13-23(14-12-18)20(24)21-16-7-6-10-19(15-16)25-2/h6-7,10,15,17-18H,3-5,8-9,11-14H2,1-2H3,(H,21,24)/p+1. The molecular weight excluding hydrogens is 314 g/mol. The van der Waals surface area contributed by atoms with E-state index in [9.17, 15) is 4.79 Å². The van der Waals surface area contributed by atoms with Gasteiger partial charge in [0.1, 0.15) is 5.75 Å². The molecular formula is C20H32N3O2+. The third kappa shape index (κ3) is 4.66. The van der Waals surface area contributed by atoms with Gasteiger partial charge >= 0.3 is 6.03 Å². The van der Waals surface area contributed by atoms with Crippen molar-refractivity contribution in [3.05, 3.63) is 24.3 Å². The molecule has 0 aromatic heterocycles. The summed E-state index contributed by atoms with van der Waals surface area (Å²) in [6.45, 7) is 1.70. The van der Waals surface area contributed by atoms with Gasteiger partial charge in [0.25, 0.3) is 0 Å². The van der Waals surface area contributed by atoms with Crippen LogP contribution in [-0.2, 0) is 0 Å². The van der Waals surface area contributed by atoms with E-state index in [0.717, 1.165) is 43.4 Å². The van der Waals surface area contributed by atoms with Crippen LogP contribution in [0, 0.1) is 0 Å². The molecule has 25 heavy (non-hydrogen) atoms. The van der Waals surface area contributed by atoms with Crippen molar-refractivity contribution in [3.63, 3.8) is 0 Å². The van der Waals surface area contributed by atoms with E-state index in [2.05, 4.69) is 12.4 Å². The molecule has 1 aromatic carbocycles. The summed E-state index contributed by atoms with van der Waals surface area (Å²) in [5.74, 6) is 0.759. The van der Waals surface area contributed by atoms with Crippen molar-refractivity contribution in [1.29, 1.82) is 0 Å². The number of benzene rings is 1. The highest BCUT2D eigenvalue weighted by molar-refractivity contribution is 5.89. The molecule has 2 N–H and O–H groups in total. The number of likely N-dealkylation sites (tertiary alicyclic amines) is 1. The fourth-order valence-corrected chi connectivity index (χ4v) is 4.33. The predicted molar refractivity (Wildman–Crippen MR) is 100 cm³/mol. The molecule has 1 aromatic rings. The number of quaternary nitrogens is 1. The second-order valence-electron chi connectivity index (χ2n) is 7.50. The van der Waals surface area contributed by atoms with Gasteiger partial charge in [-0.3, -0.25) is 0 Å². The van der Waals surface area contributed by atoms with Crippen LogP contribution in [0.25, 0.3) is 0 Å². The molecule has 1 aliphatic heterocycles. The Morgan fingerprint density at radius 3 is 2.48 bits per heavy atom. The molecule has 1 saturated carbocycles. The Labute approximate surface area is 151 Å². The average molecular weight is 346 g/mol. The van der Waals surface area contributed by atoms with E-state index in [1.54, 1.807) is 12.0 Å². The van der Waals surface area contributed by atoms with E-state index in [0.29, 0.717) is 6.04 Å². The van der Waals surface area contributed by atoms with Gasteiger partial charge in [0, 0.05) is 37.7 Å². The smallest absolute Gasteiger partial charge is 0.321 e. The highest BCUT2D eigenvalue weighted by atomic mass is 16.5. The lowest BCUT2D eigenvalue weighted by Crippen LogP contribution is -3.17. The number of nitrogens with one attached hydrogen (secondary N) is 2. The van der Waals surface area contributed by atoms with Gasteiger partial charge in [-0.15, -0.1) is 0 Å².